The van der Waals surface area contributed by atoms with E-state index in [1.54, 1.807) is 6.33 Å². The Kier molecular flexibility index (Phi) is 4.12. The van der Waals surface area contributed by atoms with Crippen LogP contribution in [0.5, 0.6) is 0 Å². The second-order valence-electron chi connectivity index (χ2n) is 8.41. The Bertz CT molecular complexity index is 915. The molecule has 1 N–H and O–H groups in total. The van der Waals surface area contributed by atoms with Crippen molar-refractivity contribution in [1.82, 2.24) is 19.9 Å². The van der Waals surface area contributed by atoms with Gasteiger partial charge in [0, 0.05) is 44.3 Å². The van der Waals surface area contributed by atoms with Crippen molar-refractivity contribution in [2.24, 2.45) is 5.41 Å². The predicted molar refractivity (Wildman–Crippen MR) is 109 cm³/mol. The monoisotopic (exact) mass is 361 g/mol. The van der Waals surface area contributed by atoms with E-state index in [0.29, 0.717) is 11.3 Å². The number of H-pyrrole nitrogens is 1. The first-order chi connectivity index (χ1) is 13.2. The maximum Gasteiger partial charge on any atom is 0.142 e. The van der Waals surface area contributed by atoms with Gasteiger partial charge in [-0.05, 0) is 30.4 Å². The summed E-state index contributed by atoms with van der Waals surface area (Å²) < 4.78 is 0. The topological polar surface area (TPSA) is 48.1 Å². The zero-order valence-corrected chi connectivity index (χ0v) is 15.9. The van der Waals surface area contributed by atoms with E-state index in [9.17, 15) is 0 Å². The maximum absolute atomic E-state index is 4.65. The summed E-state index contributed by atoms with van der Waals surface area (Å²) in [6.45, 7) is 7.92. The maximum atomic E-state index is 4.65. The van der Waals surface area contributed by atoms with Crippen molar-refractivity contribution >= 4 is 16.9 Å². The third-order valence-electron chi connectivity index (χ3n) is 6.26. The molecule has 27 heavy (non-hydrogen) atoms. The second-order valence-corrected chi connectivity index (χ2v) is 8.41. The van der Waals surface area contributed by atoms with Gasteiger partial charge in [-0.2, -0.15) is 0 Å². The summed E-state index contributed by atoms with van der Waals surface area (Å²) in [5, 5.41) is 1.14. The van der Waals surface area contributed by atoms with Gasteiger partial charge in [0.2, 0.25) is 0 Å². The lowest BCUT2D eigenvalue weighted by Gasteiger charge is -2.26. The molecule has 1 aromatic carbocycles. The number of hydrogen-bond donors (Lipinski definition) is 1. The molecule has 1 spiro atoms. The van der Waals surface area contributed by atoms with E-state index in [0.717, 1.165) is 43.0 Å². The quantitative estimate of drug-likeness (QED) is 0.770. The fourth-order valence-corrected chi connectivity index (χ4v) is 4.56. The van der Waals surface area contributed by atoms with Crippen LogP contribution in [0.15, 0.2) is 48.9 Å². The Hall–Kier alpha value is -2.40. The molecular weight excluding hydrogens is 334 g/mol. The van der Waals surface area contributed by atoms with Crippen molar-refractivity contribution in [2.75, 3.05) is 37.6 Å². The minimum absolute atomic E-state index is 0.445. The second kappa shape index (κ2) is 6.64. The van der Waals surface area contributed by atoms with Crippen LogP contribution >= 0.6 is 0 Å². The third-order valence-corrected chi connectivity index (χ3v) is 6.26. The largest absolute Gasteiger partial charge is 0.354 e. The Balaban J connectivity index is 1.35. The molecule has 0 bridgehead atoms. The number of rotatable bonds is 4. The molecule has 3 heterocycles. The van der Waals surface area contributed by atoms with Crippen LogP contribution in [0.25, 0.3) is 11.0 Å². The minimum atomic E-state index is 0.445. The normalized spacial score (nSPS) is 20.7. The lowest BCUT2D eigenvalue weighted by atomic mass is 9.99. The third kappa shape index (κ3) is 3.32. The molecule has 1 saturated carbocycles. The first kappa shape index (κ1) is 16.8. The van der Waals surface area contributed by atoms with Crippen molar-refractivity contribution in [1.29, 1.82) is 0 Å². The standard InChI is InChI=1S/C22H27N5/c1-17(18-5-3-2-4-6-18)13-26-11-12-27(15-22(14-26)8-9-22)21-19-7-10-23-20(19)24-16-25-21/h2-7,10,16-17H,8-9,11-15H2,1H3,(H,23,24,25). The van der Waals surface area contributed by atoms with E-state index in [1.165, 1.54) is 24.9 Å². The molecule has 1 aliphatic heterocycles. The first-order valence-electron chi connectivity index (χ1n) is 10.0. The molecule has 1 atom stereocenters. The average molecular weight is 361 g/mol. The highest BCUT2D eigenvalue weighted by molar-refractivity contribution is 5.87. The summed E-state index contributed by atoms with van der Waals surface area (Å²) in [7, 11) is 0. The molecule has 1 saturated heterocycles. The SMILES string of the molecule is CC(CN1CCN(c2ncnc3[nH]ccc23)CC2(CC2)C1)c1ccccc1. The summed E-state index contributed by atoms with van der Waals surface area (Å²) in [4.78, 5) is 17.4. The van der Waals surface area contributed by atoms with Crippen LogP contribution in [0, 0.1) is 5.41 Å². The van der Waals surface area contributed by atoms with Gasteiger partial charge in [-0.1, -0.05) is 37.3 Å². The molecule has 1 unspecified atom stereocenters. The van der Waals surface area contributed by atoms with E-state index in [-0.39, 0.29) is 0 Å². The van der Waals surface area contributed by atoms with Crippen molar-refractivity contribution in [2.45, 2.75) is 25.7 Å². The number of fused-ring (bicyclic) bond motifs is 1. The molecule has 0 amide bonds. The number of nitrogens with one attached hydrogen (secondary N) is 1. The molecule has 2 aromatic heterocycles. The fraction of sp³-hybridized carbons (Fsp3) is 0.455. The highest BCUT2D eigenvalue weighted by Gasteiger charge is 2.47. The molecule has 5 rings (SSSR count). The van der Waals surface area contributed by atoms with Crippen LogP contribution < -0.4 is 4.90 Å². The highest BCUT2D eigenvalue weighted by atomic mass is 15.3. The van der Waals surface area contributed by atoms with E-state index >= 15 is 0 Å². The summed E-state index contributed by atoms with van der Waals surface area (Å²) in [5.41, 5.74) is 2.82. The van der Waals surface area contributed by atoms with Gasteiger partial charge in [-0.3, -0.25) is 0 Å². The number of aromatic nitrogens is 3. The van der Waals surface area contributed by atoms with Gasteiger partial charge in [0.25, 0.3) is 0 Å². The predicted octanol–water partition coefficient (Wildman–Crippen LogP) is 3.66. The van der Waals surface area contributed by atoms with E-state index in [1.807, 2.05) is 6.20 Å². The Morgan fingerprint density at radius 1 is 1.07 bits per heavy atom. The Morgan fingerprint density at radius 2 is 1.93 bits per heavy atom. The van der Waals surface area contributed by atoms with E-state index in [4.69, 9.17) is 0 Å². The van der Waals surface area contributed by atoms with Gasteiger partial charge < -0.3 is 14.8 Å². The number of hydrogen-bond acceptors (Lipinski definition) is 4. The summed E-state index contributed by atoms with van der Waals surface area (Å²) in [6, 6.07) is 13.0. The van der Waals surface area contributed by atoms with Crippen molar-refractivity contribution in [3.05, 3.63) is 54.5 Å². The number of benzene rings is 1. The number of anilines is 1. The fourth-order valence-electron chi connectivity index (χ4n) is 4.56. The highest BCUT2D eigenvalue weighted by Crippen LogP contribution is 2.48. The first-order valence-corrected chi connectivity index (χ1v) is 10.0. The van der Waals surface area contributed by atoms with Crippen molar-refractivity contribution < 1.29 is 0 Å². The minimum Gasteiger partial charge on any atom is -0.354 e. The summed E-state index contributed by atoms with van der Waals surface area (Å²) >= 11 is 0. The van der Waals surface area contributed by atoms with Gasteiger partial charge in [0.15, 0.2) is 0 Å². The molecule has 2 fully saturated rings. The van der Waals surface area contributed by atoms with Crippen LogP contribution in [0.4, 0.5) is 5.82 Å². The molecular formula is C22H27N5. The van der Waals surface area contributed by atoms with Gasteiger partial charge in [0.05, 0.1) is 5.39 Å². The van der Waals surface area contributed by atoms with Crippen molar-refractivity contribution in [3.63, 3.8) is 0 Å². The zero-order valence-electron chi connectivity index (χ0n) is 15.9. The van der Waals surface area contributed by atoms with Crippen LogP contribution in [0.2, 0.25) is 0 Å². The Morgan fingerprint density at radius 3 is 2.74 bits per heavy atom. The lowest BCUT2D eigenvalue weighted by molar-refractivity contribution is 0.237. The molecule has 1 aliphatic carbocycles. The van der Waals surface area contributed by atoms with Gasteiger partial charge in [-0.25, -0.2) is 9.97 Å². The molecule has 3 aromatic rings. The van der Waals surface area contributed by atoms with Crippen LogP contribution in [0.3, 0.4) is 0 Å². The smallest absolute Gasteiger partial charge is 0.142 e. The van der Waals surface area contributed by atoms with Gasteiger partial charge in [-0.15, -0.1) is 0 Å². The molecule has 5 heteroatoms. The number of aromatic amines is 1. The summed E-state index contributed by atoms with van der Waals surface area (Å²) in [6.07, 6.45) is 6.32. The number of nitrogens with zero attached hydrogens (tertiary/aromatic N) is 4. The van der Waals surface area contributed by atoms with Crippen LogP contribution in [-0.4, -0.2) is 52.6 Å². The molecule has 2 aliphatic rings. The lowest BCUT2D eigenvalue weighted by Crippen LogP contribution is -2.34. The molecule has 140 valence electrons. The average Bonchev–Trinajstić information content (AvgIpc) is 3.32. The van der Waals surface area contributed by atoms with Gasteiger partial charge >= 0.3 is 0 Å². The zero-order chi connectivity index (χ0) is 18.3. The van der Waals surface area contributed by atoms with E-state index < -0.39 is 0 Å². The van der Waals surface area contributed by atoms with Crippen LogP contribution in [-0.2, 0) is 0 Å². The van der Waals surface area contributed by atoms with E-state index in [2.05, 4.69) is 68.1 Å². The molecule has 5 nitrogen and oxygen atoms in total. The molecule has 0 radical (unpaired) electrons. The van der Waals surface area contributed by atoms with Crippen molar-refractivity contribution in [3.8, 4) is 0 Å². The van der Waals surface area contributed by atoms with Gasteiger partial charge in [0.1, 0.15) is 17.8 Å². The van der Waals surface area contributed by atoms with Crippen LogP contribution in [0.1, 0.15) is 31.2 Å². The Labute approximate surface area is 160 Å². The summed E-state index contributed by atoms with van der Waals surface area (Å²) in [5.74, 6) is 1.65.